The van der Waals surface area contributed by atoms with Crippen molar-refractivity contribution in [2.24, 2.45) is 0 Å². The minimum atomic E-state index is 0.573. The highest BCUT2D eigenvalue weighted by atomic mass is 16.5. The highest BCUT2D eigenvalue weighted by molar-refractivity contribution is 5.25. The maximum Gasteiger partial charge on any atom is 0.0718 e. The second-order valence-corrected chi connectivity index (χ2v) is 3.95. The second kappa shape index (κ2) is 6.59. The van der Waals surface area contributed by atoms with Gasteiger partial charge < -0.3 is 9.47 Å². The molecule has 1 aromatic carbocycles. The fourth-order valence-electron chi connectivity index (χ4n) is 1.37. The number of rotatable bonds is 6. The average molecular weight is 208 g/mol. The Bertz CT molecular complexity index is 282. The van der Waals surface area contributed by atoms with Crippen LogP contribution in [-0.4, -0.2) is 20.3 Å². The van der Waals surface area contributed by atoms with E-state index in [1.807, 2.05) is 0 Å². The first-order chi connectivity index (χ1) is 7.24. The zero-order chi connectivity index (χ0) is 11.1. The van der Waals surface area contributed by atoms with Crippen LogP contribution in [0.5, 0.6) is 0 Å². The summed E-state index contributed by atoms with van der Waals surface area (Å²) in [6.07, 6.45) is 0. The maximum atomic E-state index is 5.47. The Morgan fingerprint density at radius 1 is 1.20 bits per heavy atom. The Kier molecular flexibility index (Phi) is 5.37. The molecule has 0 heterocycles. The largest absolute Gasteiger partial charge is 0.382 e. The summed E-state index contributed by atoms with van der Waals surface area (Å²) >= 11 is 0. The average Bonchev–Trinajstić information content (AvgIpc) is 2.25. The molecule has 0 atom stereocenters. The van der Waals surface area contributed by atoms with Crippen LogP contribution >= 0.6 is 0 Å². The van der Waals surface area contributed by atoms with Gasteiger partial charge in [-0.25, -0.2) is 0 Å². The molecule has 84 valence electrons. The van der Waals surface area contributed by atoms with E-state index in [2.05, 4.69) is 38.1 Å². The van der Waals surface area contributed by atoms with Crippen LogP contribution in [0.1, 0.15) is 30.9 Å². The first-order valence-electron chi connectivity index (χ1n) is 5.39. The summed E-state index contributed by atoms with van der Waals surface area (Å²) in [6.45, 7) is 6.38. The molecule has 0 saturated carbocycles. The molecule has 1 aromatic rings. The zero-order valence-electron chi connectivity index (χ0n) is 9.82. The molecule has 0 bridgehead atoms. The van der Waals surface area contributed by atoms with Gasteiger partial charge in [0.05, 0.1) is 19.8 Å². The Morgan fingerprint density at radius 3 is 2.67 bits per heavy atom. The molecule has 0 unspecified atom stereocenters. The number of methoxy groups -OCH3 is 1. The lowest BCUT2D eigenvalue weighted by Crippen LogP contribution is -2.02. The van der Waals surface area contributed by atoms with Gasteiger partial charge >= 0.3 is 0 Å². The van der Waals surface area contributed by atoms with E-state index in [9.17, 15) is 0 Å². The molecule has 0 N–H and O–H groups in total. The van der Waals surface area contributed by atoms with Gasteiger partial charge in [0.25, 0.3) is 0 Å². The summed E-state index contributed by atoms with van der Waals surface area (Å²) in [7, 11) is 1.68. The van der Waals surface area contributed by atoms with Crippen molar-refractivity contribution in [1.82, 2.24) is 0 Å². The summed E-state index contributed by atoms with van der Waals surface area (Å²) in [5.41, 5.74) is 2.60. The van der Waals surface area contributed by atoms with Gasteiger partial charge in [-0.15, -0.1) is 0 Å². The van der Waals surface area contributed by atoms with Crippen LogP contribution in [0.4, 0.5) is 0 Å². The standard InChI is InChI=1S/C13H20O2/c1-11(2)13-6-4-5-12(9-13)10-15-8-7-14-3/h4-6,9,11H,7-8,10H2,1-3H3. The van der Waals surface area contributed by atoms with Crippen LogP contribution in [0.15, 0.2) is 24.3 Å². The Balaban J connectivity index is 2.43. The van der Waals surface area contributed by atoms with Crippen molar-refractivity contribution in [1.29, 1.82) is 0 Å². The Hall–Kier alpha value is -0.860. The molecular formula is C13H20O2. The van der Waals surface area contributed by atoms with Gasteiger partial charge in [0, 0.05) is 7.11 Å². The number of hydrogen-bond donors (Lipinski definition) is 0. The van der Waals surface area contributed by atoms with E-state index in [-0.39, 0.29) is 0 Å². The predicted octanol–water partition coefficient (Wildman–Crippen LogP) is 2.97. The van der Waals surface area contributed by atoms with Crippen molar-refractivity contribution in [2.45, 2.75) is 26.4 Å². The molecule has 2 heteroatoms. The van der Waals surface area contributed by atoms with Crippen LogP contribution < -0.4 is 0 Å². The molecule has 2 nitrogen and oxygen atoms in total. The summed E-state index contributed by atoms with van der Waals surface area (Å²) in [6, 6.07) is 8.55. The van der Waals surface area contributed by atoms with Crippen LogP contribution in [0.25, 0.3) is 0 Å². The zero-order valence-corrected chi connectivity index (χ0v) is 9.82. The molecule has 0 fully saturated rings. The number of hydrogen-bond acceptors (Lipinski definition) is 2. The molecule has 0 saturated heterocycles. The topological polar surface area (TPSA) is 18.5 Å². The van der Waals surface area contributed by atoms with E-state index in [1.54, 1.807) is 7.11 Å². The van der Waals surface area contributed by atoms with Gasteiger partial charge in [0.15, 0.2) is 0 Å². The van der Waals surface area contributed by atoms with E-state index < -0.39 is 0 Å². The van der Waals surface area contributed by atoms with Gasteiger partial charge in [-0.3, -0.25) is 0 Å². The molecule has 0 radical (unpaired) electrons. The first-order valence-corrected chi connectivity index (χ1v) is 5.39. The summed E-state index contributed by atoms with van der Waals surface area (Å²) < 4.78 is 10.4. The van der Waals surface area contributed by atoms with E-state index in [0.717, 1.165) is 0 Å². The Labute approximate surface area is 92.2 Å². The van der Waals surface area contributed by atoms with Crippen molar-refractivity contribution >= 4 is 0 Å². The first kappa shape index (κ1) is 12.2. The summed E-state index contributed by atoms with van der Waals surface area (Å²) in [4.78, 5) is 0. The van der Waals surface area contributed by atoms with Gasteiger partial charge in [0.2, 0.25) is 0 Å². The third-order valence-electron chi connectivity index (χ3n) is 2.32. The normalized spacial score (nSPS) is 10.9. The van der Waals surface area contributed by atoms with Gasteiger partial charge in [0.1, 0.15) is 0 Å². The monoisotopic (exact) mass is 208 g/mol. The van der Waals surface area contributed by atoms with Crippen LogP contribution in [0.3, 0.4) is 0 Å². The van der Waals surface area contributed by atoms with E-state index >= 15 is 0 Å². The lowest BCUT2D eigenvalue weighted by atomic mass is 10.0. The van der Waals surface area contributed by atoms with E-state index in [0.29, 0.717) is 25.7 Å². The molecule has 0 spiro atoms. The summed E-state index contributed by atoms with van der Waals surface area (Å²) in [5, 5.41) is 0. The van der Waals surface area contributed by atoms with Crippen LogP contribution in [0.2, 0.25) is 0 Å². The van der Waals surface area contributed by atoms with Gasteiger partial charge in [-0.2, -0.15) is 0 Å². The maximum absolute atomic E-state index is 5.47. The number of benzene rings is 1. The van der Waals surface area contributed by atoms with Crippen LogP contribution in [-0.2, 0) is 16.1 Å². The highest BCUT2D eigenvalue weighted by Crippen LogP contribution is 2.15. The molecular weight excluding hydrogens is 188 g/mol. The van der Waals surface area contributed by atoms with Crippen molar-refractivity contribution < 1.29 is 9.47 Å². The molecule has 0 amide bonds. The number of ether oxygens (including phenoxy) is 2. The van der Waals surface area contributed by atoms with Crippen molar-refractivity contribution in [3.8, 4) is 0 Å². The minimum absolute atomic E-state index is 0.573. The molecule has 0 aromatic heterocycles. The smallest absolute Gasteiger partial charge is 0.0718 e. The minimum Gasteiger partial charge on any atom is -0.382 e. The lowest BCUT2D eigenvalue weighted by Gasteiger charge is -2.08. The van der Waals surface area contributed by atoms with E-state index in [4.69, 9.17) is 9.47 Å². The van der Waals surface area contributed by atoms with Crippen molar-refractivity contribution in [3.63, 3.8) is 0 Å². The highest BCUT2D eigenvalue weighted by Gasteiger charge is 2.00. The molecule has 15 heavy (non-hydrogen) atoms. The van der Waals surface area contributed by atoms with Crippen molar-refractivity contribution in [3.05, 3.63) is 35.4 Å². The quantitative estimate of drug-likeness (QED) is 0.669. The van der Waals surface area contributed by atoms with Gasteiger partial charge in [-0.05, 0) is 17.0 Å². The van der Waals surface area contributed by atoms with Gasteiger partial charge in [-0.1, -0.05) is 38.1 Å². The predicted molar refractivity (Wildman–Crippen MR) is 62.1 cm³/mol. The third-order valence-corrected chi connectivity index (χ3v) is 2.32. The van der Waals surface area contributed by atoms with E-state index in [1.165, 1.54) is 11.1 Å². The fourth-order valence-corrected chi connectivity index (χ4v) is 1.37. The lowest BCUT2D eigenvalue weighted by molar-refractivity contribution is 0.0616. The van der Waals surface area contributed by atoms with Crippen LogP contribution in [0, 0.1) is 0 Å². The second-order valence-electron chi connectivity index (χ2n) is 3.95. The molecule has 0 aliphatic heterocycles. The molecule has 0 aliphatic rings. The molecule has 0 aliphatic carbocycles. The van der Waals surface area contributed by atoms with Crippen molar-refractivity contribution in [2.75, 3.05) is 20.3 Å². The fraction of sp³-hybridized carbons (Fsp3) is 0.538. The summed E-state index contributed by atoms with van der Waals surface area (Å²) in [5.74, 6) is 0.573. The SMILES string of the molecule is COCCOCc1cccc(C(C)C)c1. The molecule has 1 rings (SSSR count). The third kappa shape index (κ3) is 4.45. The Morgan fingerprint density at radius 2 is 2.00 bits per heavy atom.